The Morgan fingerprint density at radius 3 is 2.56 bits per heavy atom. The third kappa shape index (κ3) is 4.29. The summed E-state index contributed by atoms with van der Waals surface area (Å²) in [6, 6.07) is 0. The third-order valence-corrected chi connectivity index (χ3v) is 3.32. The van der Waals surface area contributed by atoms with Gasteiger partial charge in [-0.05, 0) is 6.42 Å². The van der Waals surface area contributed by atoms with Crippen LogP contribution in [-0.4, -0.2) is 35.7 Å². The van der Waals surface area contributed by atoms with E-state index in [2.05, 4.69) is 12.2 Å². The molecule has 104 valence electrons. The van der Waals surface area contributed by atoms with Gasteiger partial charge in [-0.15, -0.1) is 0 Å². The molecule has 1 unspecified atom stereocenters. The van der Waals surface area contributed by atoms with Gasteiger partial charge >= 0.3 is 5.97 Å². The van der Waals surface area contributed by atoms with Gasteiger partial charge in [-0.3, -0.25) is 4.79 Å². The fourth-order valence-electron chi connectivity index (χ4n) is 2.10. The maximum Gasteiger partial charge on any atom is 0.331 e. The first-order chi connectivity index (χ1) is 8.60. The van der Waals surface area contributed by atoms with Crippen LogP contribution in [0.4, 0.5) is 0 Å². The monoisotopic (exact) mass is 257 g/mol. The maximum atomic E-state index is 11.7. The second kappa shape index (κ2) is 7.36. The molecule has 0 aromatic carbocycles. The SMILES string of the molecule is CCCCCCCC(=O)NC1(C(=O)O)CCOC1. The average Bonchev–Trinajstić information content (AvgIpc) is 2.78. The molecule has 1 aliphatic heterocycles. The third-order valence-electron chi connectivity index (χ3n) is 3.32. The Kier molecular flexibility index (Phi) is 6.12. The Bertz CT molecular complexity index is 285. The van der Waals surface area contributed by atoms with Crippen LogP contribution in [0.25, 0.3) is 0 Å². The van der Waals surface area contributed by atoms with Crippen molar-refractivity contribution in [1.82, 2.24) is 5.32 Å². The summed E-state index contributed by atoms with van der Waals surface area (Å²) in [6.07, 6.45) is 6.10. The second-order valence-corrected chi connectivity index (χ2v) is 4.90. The van der Waals surface area contributed by atoms with Gasteiger partial charge in [0.1, 0.15) is 0 Å². The molecule has 0 saturated carbocycles. The predicted octanol–water partition coefficient (Wildman–Crippen LogP) is 1.71. The van der Waals surface area contributed by atoms with Crippen LogP contribution >= 0.6 is 0 Å². The molecule has 0 aromatic rings. The molecule has 0 bridgehead atoms. The summed E-state index contributed by atoms with van der Waals surface area (Å²) in [6.45, 7) is 2.61. The van der Waals surface area contributed by atoms with Gasteiger partial charge in [-0.2, -0.15) is 0 Å². The Morgan fingerprint density at radius 1 is 1.28 bits per heavy atom. The van der Waals surface area contributed by atoms with Crippen LogP contribution in [0, 0.1) is 0 Å². The lowest BCUT2D eigenvalue weighted by Crippen LogP contribution is -2.55. The van der Waals surface area contributed by atoms with Crippen molar-refractivity contribution in [2.24, 2.45) is 0 Å². The van der Waals surface area contributed by atoms with Crippen LogP contribution in [0.2, 0.25) is 0 Å². The summed E-state index contributed by atoms with van der Waals surface area (Å²) in [5, 5.41) is 11.8. The van der Waals surface area contributed by atoms with Crippen molar-refractivity contribution in [1.29, 1.82) is 0 Å². The van der Waals surface area contributed by atoms with E-state index in [0.29, 0.717) is 19.4 Å². The molecule has 1 saturated heterocycles. The minimum atomic E-state index is -1.19. The molecule has 1 fully saturated rings. The lowest BCUT2D eigenvalue weighted by molar-refractivity contribution is -0.147. The smallest absolute Gasteiger partial charge is 0.331 e. The Hall–Kier alpha value is -1.10. The van der Waals surface area contributed by atoms with Crippen LogP contribution in [0.5, 0.6) is 0 Å². The summed E-state index contributed by atoms with van der Waals surface area (Å²) in [5.74, 6) is -1.18. The van der Waals surface area contributed by atoms with E-state index in [0.717, 1.165) is 19.3 Å². The summed E-state index contributed by atoms with van der Waals surface area (Å²) in [5.41, 5.74) is -1.19. The summed E-state index contributed by atoms with van der Waals surface area (Å²) >= 11 is 0. The molecule has 0 aromatic heterocycles. The van der Waals surface area contributed by atoms with Crippen molar-refractivity contribution in [2.45, 2.75) is 57.4 Å². The number of amides is 1. The molecule has 0 radical (unpaired) electrons. The topological polar surface area (TPSA) is 75.6 Å². The number of nitrogens with one attached hydrogen (secondary N) is 1. The highest BCUT2D eigenvalue weighted by molar-refractivity contribution is 5.87. The van der Waals surface area contributed by atoms with Crippen molar-refractivity contribution >= 4 is 11.9 Å². The van der Waals surface area contributed by atoms with E-state index in [1.165, 1.54) is 12.8 Å². The minimum absolute atomic E-state index is 0.0733. The Labute approximate surface area is 108 Å². The number of hydrogen-bond acceptors (Lipinski definition) is 3. The van der Waals surface area contributed by atoms with Crippen LogP contribution in [0.1, 0.15) is 51.9 Å². The van der Waals surface area contributed by atoms with E-state index >= 15 is 0 Å². The number of carboxylic acid groups (broad SMARTS) is 1. The predicted molar refractivity (Wildman–Crippen MR) is 67.3 cm³/mol. The van der Waals surface area contributed by atoms with Crippen LogP contribution in [-0.2, 0) is 14.3 Å². The van der Waals surface area contributed by atoms with Crippen molar-refractivity contribution < 1.29 is 19.4 Å². The highest BCUT2D eigenvalue weighted by Gasteiger charge is 2.43. The van der Waals surface area contributed by atoms with E-state index in [9.17, 15) is 9.59 Å². The van der Waals surface area contributed by atoms with Gasteiger partial charge < -0.3 is 15.2 Å². The van der Waals surface area contributed by atoms with Gasteiger partial charge in [0.25, 0.3) is 0 Å². The van der Waals surface area contributed by atoms with Gasteiger partial charge in [-0.25, -0.2) is 4.79 Å². The zero-order chi connectivity index (χ0) is 13.4. The largest absolute Gasteiger partial charge is 0.479 e. The molecule has 1 aliphatic rings. The molecule has 1 amide bonds. The molecule has 1 atom stereocenters. The Balaban J connectivity index is 2.27. The standard InChI is InChI=1S/C13H23NO4/c1-2-3-4-5-6-7-11(15)14-13(12(16)17)8-9-18-10-13/h2-10H2,1H3,(H,14,15)(H,16,17). The summed E-state index contributed by atoms with van der Waals surface area (Å²) in [7, 11) is 0. The van der Waals surface area contributed by atoms with Crippen LogP contribution in [0.3, 0.4) is 0 Å². The van der Waals surface area contributed by atoms with Crippen molar-refractivity contribution in [3.8, 4) is 0 Å². The summed E-state index contributed by atoms with van der Waals surface area (Å²) in [4.78, 5) is 22.9. The molecule has 1 heterocycles. The highest BCUT2D eigenvalue weighted by Crippen LogP contribution is 2.19. The number of carbonyl (C=O) groups is 2. The fraction of sp³-hybridized carbons (Fsp3) is 0.846. The zero-order valence-electron chi connectivity index (χ0n) is 11.0. The van der Waals surface area contributed by atoms with E-state index < -0.39 is 11.5 Å². The molecular formula is C13H23NO4. The number of carbonyl (C=O) groups excluding carboxylic acids is 1. The molecule has 1 rings (SSSR count). The van der Waals surface area contributed by atoms with Gasteiger partial charge in [0, 0.05) is 19.4 Å². The quantitative estimate of drug-likeness (QED) is 0.649. The minimum Gasteiger partial charge on any atom is -0.479 e. The van der Waals surface area contributed by atoms with Crippen molar-refractivity contribution in [2.75, 3.05) is 13.2 Å². The number of aliphatic carboxylic acids is 1. The molecule has 5 heteroatoms. The maximum absolute atomic E-state index is 11.7. The molecule has 18 heavy (non-hydrogen) atoms. The number of rotatable bonds is 8. The van der Waals surface area contributed by atoms with E-state index in [1.807, 2.05) is 0 Å². The van der Waals surface area contributed by atoms with Gasteiger partial charge in [-0.1, -0.05) is 32.6 Å². The van der Waals surface area contributed by atoms with Gasteiger partial charge in [0.15, 0.2) is 5.54 Å². The number of hydrogen-bond donors (Lipinski definition) is 2. The molecule has 0 aliphatic carbocycles. The second-order valence-electron chi connectivity index (χ2n) is 4.90. The molecule has 2 N–H and O–H groups in total. The number of ether oxygens (including phenoxy) is 1. The Morgan fingerprint density at radius 2 is 2.00 bits per heavy atom. The first kappa shape index (κ1) is 15.0. The highest BCUT2D eigenvalue weighted by atomic mass is 16.5. The fourth-order valence-corrected chi connectivity index (χ4v) is 2.10. The van der Waals surface area contributed by atoms with Crippen LogP contribution < -0.4 is 5.32 Å². The van der Waals surface area contributed by atoms with Gasteiger partial charge in [0.2, 0.25) is 5.91 Å². The normalized spacial score (nSPS) is 22.9. The molecule has 5 nitrogen and oxygen atoms in total. The van der Waals surface area contributed by atoms with Crippen molar-refractivity contribution in [3.05, 3.63) is 0 Å². The van der Waals surface area contributed by atoms with E-state index in [-0.39, 0.29) is 12.5 Å². The lowest BCUT2D eigenvalue weighted by atomic mass is 9.98. The van der Waals surface area contributed by atoms with E-state index in [4.69, 9.17) is 9.84 Å². The number of unbranched alkanes of at least 4 members (excludes halogenated alkanes) is 4. The summed E-state index contributed by atoms with van der Waals surface area (Å²) < 4.78 is 5.08. The van der Waals surface area contributed by atoms with Gasteiger partial charge in [0.05, 0.1) is 6.61 Å². The lowest BCUT2D eigenvalue weighted by Gasteiger charge is -2.23. The first-order valence-corrected chi connectivity index (χ1v) is 6.73. The van der Waals surface area contributed by atoms with E-state index in [1.54, 1.807) is 0 Å². The average molecular weight is 257 g/mol. The molecule has 0 spiro atoms. The van der Waals surface area contributed by atoms with Crippen LogP contribution in [0.15, 0.2) is 0 Å². The molecular weight excluding hydrogens is 234 g/mol. The number of carboxylic acids is 1. The zero-order valence-corrected chi connectivity index (χ0v) is 11.0. The first-order valence-electron chi connectivity index (χ1n) is 6.73. The van der Waals surface area contributed by atoms with Crippen molar-refractivity contribution in [3.63, 3.8) is 0 Å².